The van der Waals surface area contributed by atoms with Gasteiger partial charge < -0.3 is 5.32 Å². The van der Waals surface area contributed by atoms with Crippen molar-refractivity contribution in [1.82, 2.24) is 15.5 Å². The fraction of sp³-hybridized carbons (Fsp3) is 0.692. The summed E-state index contributed by atoms with van der Waals surface area (Å²) in [6.07, 6.45) is 2.63. The van der Waals surface area contributed by atoms with Crippen LogP contribution in [0, 0.1) is 6.92 Å². The topological polar surface area (TPSA) is 72.0 Å². The predicted molar refractivity (Wildman–Crippen MR) is 76.9 cm³/mol. The minimum absolute atomic E-state index is 0.0175. The number of hydrogen-bond donors (Lipinski definition) is 1. The summed E-state index contributed by atoms with van der Waals surface area (Å²) in [5, 5.41) is 11.6. The third kappa shape index (κ3) is 5.24. The molecule has 1 rings (SSSR count). The molecule has 0 aliphatic heterocycles. The summed E-state index contributed by atoms with van der Waals surface area (Å²) in [6.45, 7) is 6.73. The van der Waals surface area contributed by atoms with Gasteiger partial charge in [0.1, 0.15) is 9.84 Å². The summed E-state index contributed by atoms with van der Waals surface area (Å²) in [7, 11) is -2.95. The molecule has 0 aliphatic carbocycles. The molecule has 1 aromatic heterocycles. The van der Waals surface area contributed by atoms with Gasteiger partial charge in [0.05, 0.1) is 17.1 Å². The Kier molecular flexibility index (Phi) is 5.87. The molecule has 1 heterocycles. The van der Waals surface area contributed by atoms with E-state index in [0.717, 1.165) is 29.9 Å². The highest BCUT2D eigenvalue weighted by atomic mass is 32.2. The Morgan fingerprint density at radius 3 is 2.53 bits per heavy atom. The molecule has 0 aliphatic rings. The number of nitrogens with zero attached hydrogens (tertiary/aromatic N) is 2. The molecule has 0 aromatic carbocycles. The van der Waals surface area contributed by atoms with Gasteiger partial charge in [-0.25, -0.2) is 8.42 Å². The zero-order valence-electron chi connectivity index (χ0n) is 12.1. The molecule has 0 radical (unpaired) electrons. The van der Waals surface area contributed by atoms with E-state index in [9.17, 15) is 8.42 Å². The second kappa shape index (κ2) is 6.96. The SMILES string of the molecule is CCNC(CCS(C)(=O)=O)c1cc(C)nnc1CC. The van der Waals surface area contributed by atoms with E-state index in [-0.39, 0.29) is 11.8 Å². The second-order valence-corrected chi connectivity index (χ2v) is 7.03. The van der Waals surface area contributed by atoms with Gasteiger partial charge in [-0.15, -0.1) is 0 Å². The van der Waals surface area contributed by atoms with E-state index < -0.39 is 9.84 Å². The van der Waals surface area contributed by atoms with Crippen LogP contribution < -0.4 is 5.32 Å². The molecule has 0 spiro atoms. The summed E-state index contributed by atoms with van der Waals surface area (Å²) < 4.78 is 22.7. The standard InChI is InChI=1S/C13H23N3O2S/c1-5-12-11(9-10(3)15-16-12)13(14-6-2)7-8-19(4,17)18/h9,13-14H,5-8H2,1-4H3. The fourth-order valence-electron chi connectivity index (χ4n) is 2.06. The van der Waals surface area contributed by atoms with Crippen molar-refractivity contribution in [2.75, 3.05) is 18.6 Å². The number of nitrogens with one attached hydrogen (secondary N) is 1. The van der Waals surface area contributed by atoms with Gasteiger partial charge >= 0.3 is 0 Å². The van der Waals surface area contributed by atoms with E-state index in [0.29, 0.717) is 6.42 Å². The number of aryl methyl sites for hydroxylation is 2. The smallest absolute Gasteiger partial charge is 0.147 e. The molecule has 6 heteroatoms. The monoisotopic (exact) mass is 285 g/mol. The third-order valence-electron chi connectivity index (χ3n) is 2.96. The summed E-state index contributed by atoms with van der Waals surface area (Å²) in [5.74, 6) is 0.176. The van der Waals surface area contributed by atoms with Crippen molar-refractivity contribution in [2.24, 2.45) is 0 Å². The van der Waals surface area contributed by atoms with Crippen molar-refractivity contribution in [2.45, 2.75) is 39.7 Å². The molecule has 5 nitrogen and oxygen atoms in total. The van der Waals surface area contributed by atoms with Crippen LogP contribution in [0.15, 0.2) is 6.07 Å². The van der Waals surface area contributed by atoms with Crippen LogP contribution in [0.25, 0.3) is 0 Å². The highest BCUT2D eigenvalue weighted by Gasteiger charge is 2.17. The normalized spacial score (nSPS) is 13.5. The first-order valence-corrected chi connectivity index (χ1v) is 8.67. The minimum Gasteiger partial charge on any atom is -0.310 e. The third-order valence-corrected chi connectivity index (χ3v) is 3.94. The molecule has 108 valence electrons. The van der Waals surface area contributed by atoms with Crippen LogP contribution in [0.5, 0.6) is 0 Å². The highest BCUT2D eigenvalue weighted by Crippen LogP contribution is 2.21. The van der Waals surface area contributed by atoms with Gasteiger partial charge in [-0.3, -0.25) is 0 Å². The van der Waals surface area contributed by atoms with Crippen molar-refractivity contribution in [3.8, 4) is 0 Å². The Balaban J connectivity index is 3.00. The van der Waals surface area contributed by atoms with Crippen LogP contribution >= 0.6 is 0 Å². The van der Waals surface area contributed by atoms with Crippen molar-refractivity contribution < 1.29 is 8.42 Å². The lowest BCUT2D eigenvalue weighted by Gasteiger charge is -2.20. The zero-order chi connectivity index (χ0) is 14.5. The lowest BCUT2D eigenvalue weighted by Crippen LogP contribution is -2.25. The molecule has 0 fully saturated rings. The van der Waals surface area contributed by atoms with Gasteiger partial charge in [-0.05, 0) is 37.9 Å². The average Bonchev–Trinajstić information content (AvgIpc) is 2.33. The summed E-state index contributed by atoms with van der Waals surface area (Å²) >= 11 is 0. The largest absolute Gasteiger partial charge is 0.310 e. The van der Waals surface area contributed by atoms with Gasteiger partial charge in [0.15, 0.2) is 0 Å². The molecular formula is C13H23N3O2S. The fourth-order valence-corrected chi connectivity index (χ4v) is 2.72. The maximum absolute atomic E-state index is 11.3. The second-order valence-electron chi connectivity index (χ2n) is 4.77. The maximum Gasteiger partial charge on any atom is 0.147 e. The Morgan fingerprint density at radius 2 is 2.00 bits per heavy atom. The van der Waals surface area contributed by atoms with Crippen molar-refractivity contribution in [3.63, 3.8) is 0 Å². The predicted octanol–water partition coefficient (Wildman–Crippen LogP) is 1.43. The van der Waals surface area contributed by atoms with Crippen LogP contribution in [0.3, 0.4) is 0 Å². The molecule has 1 atom stereocenters. The molecule has 0 bridgehead atoms. The first kappa shape index (κ1) is 16.0. The number of sulfone groups is 1. The first-order chi connectivity index (χ1) is 8.87. The molecule has 1 unspecified atom stereocenters. The van der Waals surface area contributed by atoms with E-state index in [4.69, 9.17) is 0 Å². The maximum atomic E-state index is 11.3. The molecule has 0 saturated heterocycles. The Hall–Kier alpha value is -1.01. The van der Waals surface area contributed by atoms with Crippen LogP contribution in [0.4, 0.5) is 0 Å². The van der Waals surface area contributed by atoms with Crippen LogP contribution in [0.2, 0.25) is 0 Å². The van der Waals surface area contributed by atoms with Crippen LogP contribution in [-0.2, 0) is 16.3 Å². The lowest BCUT2D eigenvalue weighted by atomic mass is 10.0. The molecule has 0 saturated carbocycles. The summed E-state index contributed by atoms with van der Waals surface area (Å²) in [5.41, 5.74) is 2.86. The van der Waals surface area contributed by atoms with Gasteiger partial charge in [-0.2, -0.15) is 10.2 Å². The van der Waals surface area contributed by atoms with Crippen LogP contribution in [0.1, 0.15) is 43.3 Å². The van der Waals surface area contributed by atoms with Crippen molar-refractivity contribution in [1.29, 1.82) is 0 Å². The van der Waals surface area contributed by atoms with E-state index in [1.165, 1.54) is 6.26 Å². The van der Waals surface area contributed by atoms with Gasteiger partial charge in [0, 0.05) is 12.3 Å². The lowest BCUT2D eigenvalue weighted by molar-refractivity contribution is 0.522. The van der Waals surface area contributed by atoms with Crippen molar-refractivity contribution >= 4 is 9.84 Å². The quantitative estimate of drug-likeness (QED) is 0.820. The number of rotatable bonds is 7. The highest BCUT2D eigenvalue weighted by molar-refractivity contribution is 7.90. The molecular weight excluding hydrogens is 262 g/mol. The zero-order valence-corrected chi connectivity index (χ0v) is 12.9. The van der Waals surface area contributed by atoms with Gasteiger partial charge in [-0.1, -0.05) is 13.8 Å². The average molecular weight is 285 g/mol. The van der Waals surface area contributed by atoms with Crippen molar-refractivity contribution in [3.05, 3.63) is 23.0 Å². The van der Waals surface area contributed by atoms with E-state index in [1.54, 1.807) is 0 Å². The van der Waals surface area contributed by atoms with E-state index in [2.05, 4.69) is 15.5 Å². The molecule has 1 N–H and O–H groups in total. The van der Waals surface area contributed by atoms with E-state index in [1.807, 2.05) is 26.8 Å². The van der Waals surface area contributed by atoms with Crippen LogP contribution in [-0.4, -0.2) is 37.2 Å². The van der Waals surface area contributed by atoms with Gasteiger partial charge in [0.2, 0.25) is 0 Å². The molecule has 19 heavy (non-hydrogen) atoms. The van der Waals surface area contributed by atoms with E-state index >= 15 is 0 Å². The Morgan fingerprint density at radius 1 is 1.32 bits per heavy atom. The summed E-state index contributed by atoms with van der Waals surface area (Å²) in [4.78, 5) is 0. The summed E-state index contributed by atoms with van der Waals surface area (Å²) in [6, 6.07) is 2.02. The Bertz CT molecular complexity index is 515. The first-order valence-electron chi connectivity index (χ1n) is 6.61. The molecule has 1 aromatic rings. The Labute approximate surface area is 115 Å². The number of hydrogen-bond acceptors (Lipinski definition) is 5. The minimum atomic E-state index is -2.95. The van der Waals surface area contributed by atoms with Gasteiger partial charge in [0.25, 0.3) is 0 Å². The molecule has 0 amide bonds. The number of aromatic nitrogens is 2.